The number of anilines is 1. The van der Waals surface area contributed by atoms with Crippen molar-refractivity contribution in [3.63, 3.8) is 0 Å². The molecule has 6 nitrogen and oxygen atoms in total. The van der Waals surface area contributed by atoms with Gasteiger partial charge in [-0.05, 0) is 49.3 Å². The van der Waals surface area contributed by atoms with Crippen LogP contribution < -0.4 is 5.32 Å². The topological polar surface area (TPSA) is 82.3 Å². The Balaban J connectivity index is 1.54. The number of hydrogen-bond acceptors (Lipinski definition) is 5. The second-order valence-electron chi connectivity index (χ2n) is 6.07. The van der Waals surface area contributed by atoms with Crippen LogP contribution in [0.5, 0.6) is 0 Å². The van der Waals surface area contributed by atoms with Crippen LogP contribution in [0.15, 0.2) is 24.3 Å². The number of aromatic amines is 1. The summed E-state index contributed by atoms with van der Waals surface area (Å²) in [6, 6.07) is 9.31. The first-order valence-electron chi connectivity index (χ1n) is 8.05. The molecule has 0 atom stereocenters. The molecule has 25 heavy (non-hydrogen) atoms. The van der Waals surface area contributed by atoms with Gasteiger partial charge in [0, 0.05) is 29.4 Å². The van der Waals surface area contributed by atoms with Crippen molar-refractivity contribution in [2.24, 2.45) is 0 Å². The Hall–Kier alpha value is -2.43. The average Bonchev–Trinajstić information content (AvgIpc) is 3.39. The highest BCUT2D eigenvalue weighted by Crippen LogP contribution is 2.38. The number of rotatable bonds is 5. The molecule has 1 aromatic carbocycles. The SMILES string of the molecule is N#Cc1cc(NCCn2c(C3CC3)n[nH]c2=S)nc2ccc(Cl)cc12. The third-order valence-electron chi connectivity index (χ3n) is 4.26. The summed E-state index contributed by atoms with van der Waals surface area (Å²) in [5.74, 6) is 2.22. The number of nitriles is 1. The number of hydrogen-bond donors (Lipinski definition) is 2. The van der Waals surface area contributed by atoms with E-state index in [0.29, 0.717) is 40.2 Å². The predicted molar refractivity (Wildman–Crippen MR) is 99.3 cm³/mol. The number of benzene rings is 1. The second kappa shape index (κ2) is 6.47. The lowest BCUT2D eigenvalue weighted by atomic mass is 10.1. The minimum atomic E-state index is 0.529. The first kappa shape index (κ1) is 16.1. The molecule has 2 aromatic heterocycles. The molecule has 0 unspecified atom stereocenters. The van der Waals surface area contributed by atoms with Crippen LogP contribution in [0.4, 0.5) is 5.82 Å². The zero-order valence-electron chi connectivity index (χ0n) is 13.3. The normalized spacial score (nSPS) is 13.8. The van der Waals surface area contributed by atoms with Gasteiger partial charge in [0.1, 0.15) is 11.6 Å². The van der Waals surface area contributed by atoms with Gasteiger partial charge in [0.2, 0.25) is 0 Å². The second-order valence-corrected chi connectivity index (χ2v) is 6.89. The maximum Gasteiger partial charge on any atom is 0.195 e. The lowest BCUT2D eigenvalue weighted by Crippen LogP contribution is -2.13. The Bertz CT molecular complexity index is 1040. The lowest BCUT2D eigenvalue weighted by Gasteiger charge is -2.10. The summed E-state index contributed by atoms with van der Waals surface area (Å²) in [6.07, 6.45) is 2.35. The van der Waals surface area contributed by atoms with E-state index in [4.69, 9.17) is 23.8 Å². The van der Waals surface area contributed by atoms with Gasteiger partial charge in [0.05, 0.1) is 17.1 Å². The fraction of sp³-hybridized carbons (Fsp3) is 0.294. The van der Waals surface area contributed by atoms with Crippen molar-refractivity contribution in [1.82, 2.24) is 19.7 Å². The minimum Gasteiger partial charge on any atom is -0.368 e. The standard InChI is InChI=1S/C17H15ClN6S/c18-12-3-4-14-13(8-12)11(9-19)7-15(21-14)20-5-6-24-16(10-1-2-10)22-23-17(24)25/h3-4,7-8,10H,1-2,5-6H2,(H,20,21)(H,23,25). The Morgan fingerprint density at radius 1 is 1.40 bits per heavy atom. The minimum absolute atomic E-state index is 0.529. The molecule has 126 valence electrons. The van der Waals surface area contributed by atoms with Crippen LogP contribution in [0.2, 0.25) is 5.02 Å². The Morgan fingerprint density at radius 3 is 3.00 bits per heavy atom. The van der Waals surface area contributed by atoms with Crippen LogP contribution in [0, 0.1) is 16.1 Å². The number of nitrogens with zero attached hydrogens (tertiary/aromatic N) is 4. The van der Waals surface area contributed by atoms with Crippen molar-refractivity contribution in [2.45, 2.75) is 25.3 Å². The fourth-order valence-corrected chi connectivity index (χ4v) is 3.28. The molecule has 0 aliphatic heterocycles. The van der Waals surface area contributed by atoms with Crippen molar-refractivity contribution in [3.8, 4) is 6.07 Å². The number of nitrogens with one attached hydrogen (secondary N) is 2. The van der Waals surface area contributed by atoms with E-state index < -0.39 is 0 Å². The zero-order chi connectivity index (χ0) is 17.4. The van der Waals surface area contributed by atoms with Crippen molar-refractivity contribution in [2.75, 3.05) is 11.9 Å². The van der Waals surface area contributed by atoms with E-state index >= 15 is 0 Å². The zero-order valence-corrected chi connectivity index (χ0v) is 14.9. The maximum atomic E-state index is 9.39. The first-order chi connectivity index (χ1) is 12.2. The summed E-state index contributed by atoms with van der Waals surface area (Å²) in [5.41, 5.74) is 1.29. The number of halogens is 1. The molecule has 1 aliphatic rings. The summed E-state index contributed by atoms with van der Waals surface area (Å²) in [5, 5.41) is 21.2. The number of fused-ring (bicyclic) bond motifs is 1. The molecule has 2 heterocycles. The van der Waals surface area contributed by atoms with E-state index in [-0.39, 0.29) is 0 Å². The molecule has 2 N–H and O–H groups in total. The predicted octanol–water partition coefficient (Wildman–Crippen LogP) is 4.00. The van der Waals surface area contributed by atoms with Gasteiger partial charge in [-0.25, -0.2) is 4.98 Å². The Kier molecular flexibility index (Phi) is 4.15. The van der Waals surface area contributed by atoms with Crippen LogP contribution in [0.3, 0.4) is 0 Å². The van der Waals surface area contributed by atoms with Crippen LogP contribution in [-0.2, 0) is 6.54 Å². The average molecular weight is 371 g/mol. The van der Waals surface area contributed by atoms with Gasteiger partial charge in [-0.1, -0.05) is 11.6 Å². The van der Waals surface area contributed by atoms with Gasteiger partial charge < -0.3 is 9.88 Å². The third kappa shape index (κ3) is 3.23. The van der Waals surface area contributed by atoms with Crippen molar-refractivity contribution in [3.05, 3.63) is 45.4 Å². The van der Waals surface area contributed by atoms with Gasteiger partial charge in [-0.2, -0.15) is 10.4 Å². The molecule has 0 bridgehead atoms. The molecule has 1 aliphatic carbocycles. The molecule has 0 radical (unpaired) electrons. The molecular weight excluding hydrogens is 356 g/mol. The summed E-state index contributed by atoms with van der Waals surface area (Å²) in [6.45, 7) is 1.34. The smallest absolute Gasteiger partial charge is 0.195 e. The van der Waals surface area contributed by atoms with Gasteiger partial charge in [0.25, 0.3) is 0 Å². The van der Waals surface area contributed by atoms with Gasteiger partial charge >= 0.3 is 0 Å². The van der Waals surface area contributed by atoms with Crippen molar-refractivity contribution >= 4 is 40.5 Å². The van der Waals surface area contributed by atoms with Gasteiger partial charge in [-0.3, -0.25) is 5.10 Å². The maximum absolute atomic E-state index is 9.39. The molecule has 1 fully saturated rings. The number of pyridine rings is 1. The van der Waals surface area contributed by atoms with E-state index in [9.17, 15) is 5.26 Å². The highest BCUT2D eigenvalue weighted by atomic mass is 35.5. The molecule has 1 saturated carbocycles. The van der Waals surface area contributed by atoms with Crippen LogP contribution in [0.25, 0.3) is 10.9 Å². The molecule has 3 aromatic rings. The first-order valence-corrected chi connectivity index (χ1v) is 8.83. The summed E-state index contributed by atoms with van der Waals surface area (Å²) < 4.78 is 2.67. The van der Waals surface area contributed by atoms with Crippen molar-refractivity contribution in [1.29, 1.82) is 5.26 Å². The molecule has 4 rings (SSSR count). The monoisotopic (exact) mass is 370 g/mol. The highest BCUT2D eigenvalue weighted by Gasteiger charge is 2.28. The van der Waals surface area contributed by atoms with E-state index in [1.807, 2.05) is 10.6 Å². The summed E-state index contributed by atoms with van der Waals surface area (Å²) in [4.78, 5) is 4.56. The van der Waals surface area contributed by atoms with E-state index in [0.717, 1.165) is 16.7 Å². The molecule has 8 heteroatoms. The van der Waals surface area contributed by atoms with Crippen LogP contribution >= 0.6 is 23.8 Å². The summed E-state index contributed by atoms with van der Waals surface area (Å²) >= 11 is 11.3. The number of aromatic nitrogens is 4. The van der Waals surface area contributed by atoms with Gasteiger partial charge in [-0.15, -0.1) is 0 Å². The fourth-order valence-electron chi connectivity index (χ4n) is 2.88. The van der Waals surface area contributed by atoms with E-state index in [1.54, 1.807) is 18.2 Å². The van der Waals surface area contributed by atoms with Crippen LogP contribution in [0.1, 0.15) is 30.1 Å². The Morgan fingerprint density at radius 2 is 2.24 bits per heavy atom. The highest BCUT2D eigenvalue weighted by molar-refractivity contribution is 7.71. The Labute approximate surface area is 154 Å². The molecule has 0 spiro atoms. The molecule has 0 saturated heterocycles. The van der Waals surface area contributed by atoms with E-state index in [2.05, 4.69) is 26.6 Å². The lowest BCUT2D eigenvalue weighted by molar-refractivity contribution is 0.668. The third-order valence-corrected chi connectivity index (χ3v) is 4.81. The molecular formula is C17H15ClN6S. The summed E-state index contributed by atoms with van der Waals surface area (Å²) in [7, 11) is 0. The molecule has 0 amide bonds. The van der Waals surface area contributed by atoms with Crippen molar-refractivity contribution < 1.29 is 0 Å². The number of H-pyrrole nitrogens is 1. The largest absolute Gasteiger partial charge is 0.368 e. The van der Waals surface area contributed by atoms with Crippen LogP contribution in [-0.4, -0.2) is 26.3 Å². The quantitative estimate of drug-likeness (QED) is 0.663. The van der Waals surface area contributed by atoms with E-state index in [1.165, 1.54) is 12.8 Å². The van der Waals surface area contributed by atoms with Gasteiger partial charge in [0.15, 0.2) is 4.77 Å².